The maximum Gasteiger partial charge on any atom is 0.306 e. The summed E-state index contributed by atoms with van der Waals surface area (Å²) in [4.78, 5) is 24.5. The molecule has 1 N–H and O–H groups in total. The van der Waals surface area contributed by atoms with Gasteiger partial charge in [0.25, 0.3) is 0 Å². The van der Waals surface area contributed by atoms with E-state index in [1.165, 1.54) is 154 Å². The first-order chi connectivity index (χ1) is 31.6. The number of aliphatic hydroxyl groups is 1. The molecule has 0 radical (unpaired) electrons. The number of carbonyl (C=O) groups is 2. The Labute approximate surface area is 396 Å². The second-order valence-electron chi connectivity index (χ2n) is 17.9. The fourth-order valence-electron chi connectivity index (χ4n) is 7.61. The van der Waals surface area contributed by atoms with Gasteiger partial charge in [0.2, 0.25) is 0 Å². The Balaban J connectivity index is 3.52. The van der Waals surface area contributed by atoms with Crippen LogP contribution in [0, 0.1) is 0 Å². The Bertz CT molecular complexity index is 1190. The van der Waals surface area contributed by atoms with Crippen molar-refractivity contribution in [1.82, 2.24) is 0 Å². The predicted octanol–water partition coefficient (Wildman–Crippen LogP) is 18.2. The molecule has 0 aliphatic carbocycles. The van der Waals surface area contributed by atoms with Crippen LogP contribution in [0.15, 0.2) is 85.1 Å². The van der Waals surface area contributed by atoms with Crippen LogP contribution in [0.5, 0.6) is 0 Å². The monoisotopic (exact) mass is 891 g/mol. The van der Waals surface area contributed by atoms with E-state index in [-0.39, 0.29) is 25.2 Å². The lowest BCUT2D eigenvalue weighted by Crippen LogP contribution is -2.28. The van der Waals surface area contributed by atoms with Gasteiger partial charge in [-0.3, -0.25) is 9.59 Å². The molecule has 0 amide bonds. The third-order valence-corrected chi connectivity index (χ3v) is 11.7. The summed E-state index contributed by atoms with van der Waals surface area (Å²) in [5.41, 5.74) is 0. The van der Waals surface area contributed by atoms with E-state index in [4.69, 9.17) is 9.47 Å². The van der Waals surface area contributed by atoms with Gasteiger partial charge in [0, 0.05) is 12.8 Å². The van der Waals surface area contributed by atoms with Crippen molar-refractivity contribution in [3.8, 4) is 0 Å². The molecule has 0 rings (SSSR count). The molecule has 0 bridgehead atoms. The maximum absolute atomic E-state index is 12.3. The topological polar surface area (TPSA) is 72.8 Å². The minimum Gasteiger partial charge on any atom is -0.462 e. The highest BCUT2D eigenvalue weighted by molar-refractivity contribution is 5.70. The highest BCUT2D eigenvalue weighted by Crippen LogP contribution is 2.15. The molecule has 368 valence electrons. The van der Waals surface area contributed by atoms with Gasteiger partial charge in [-0.05, 0) is 89.9 Å². The second kappa shape index (κ2) is 54.4. The molecule has 0 fully saturated rings. The fourth-order valence-corrected chi connectivity index (χ4v) is 7.61. The second-order valence-corrected chi connectivity index (χ2v) is 17.9. The third kappa shape index (κ3) is 51.7. The standard InChI is InChI=1S/C59H102O5/c1-3-5-7-9-11-13-15-17-19-21-23-25-27-28-29-30-32-33-35-37-39-41-43-45-47-49-51-53-58(61)63-56-57(55-60)64-59(62)54-52-50-48-46-44-42-40-38-36-34-31-26-24-22-20-18-16-14-12-10-8-6-4-2/h6,8,12,14-15,17-18,20-21,23-24,26-28,57,60H,3-5,7,9-11,13,16,19,22,25,29-56H2,1-2H3/b8-6-,14-12-,17-15-,20-18-,23-21-,26-24-,28-27-. The molecule has 0 spiro atoms. The molecule has 0 heterocycles. The summed E-state index contributed by atoms with van der Waals surface area (Å²) in [6.45, 7) is 4.03. The highest BCUT2D eigenvalue weighted by Gasteiger charge is 2.16. The van der Waals surface area contributed by atoms with Crippen molar-refractivity contribution < 1.29 is 24.2 Å². The molecule has 1 unspecified atom stereocenters. The average molecular weight is 891 g/mol. The van der Waals surface area contributed by atoms with E-state index in [2.05, 4.69) is 98.9 Å². The lowest BCUT2D eigenvalue weighted by Gasteiger charge is -2.15. The molecule has 1 atom stereocenters. The largest absolute Gasteiger partial charge is 0.462 e. The number of ether oxygens (including phenoxy) is 2. The number of unbranched alkanes of at least 4 members (excludes halogenated alkanes) is 27. The normalized spacial score (nSPS) is 12.9. The molecule has 0 saturated carbocycles. The van der Waals surface area contributed by atoms with Gasteiger partial charge in [0.05, 0.1) is 6.61 Å². The van der Waals surface area contributed by atoms with Crippen LogP contribution in [0.2, 0.25) is 0 Å². The van der Waals surface area contributed by atoms with Crippen LogP contribution in [0.25, 0.3) is 0 Å². The Morgan fingerprint density at radius 2 is 0.672 bits per heavy atom. The Morgan fingerprint density at radius 1 is 0.375 bits per heavy atom. The van der Waals surface area contributed by atoms with Gasteiger partial charge < -0.3 is 14.6 Å². The molecule has 5 heteroatoms. The van der Waals surface area contributed by atoms with Crippen molar-refractivity contribution in [1.29, 1.82) is 0 Å². The molecule has 5 nitrogen and oxygen atoms in total. The molecule has 0 aromatic carbocycles. The Morgan fingerprint density at radius 3 is 1.02 bits per heavy atom. The van der Waals surface area contributed by atoms with E-state index in [9.17, 15) is 14.7 Å². The third-order valence-electron chi connectivity index (χ3n) is 11.7. The molecular formula is C59H102O5. The summed E-state index contributed by atoms with van der Waals surface area (Å²) in [7, 11) is 0. The van der Waals surface area contributed by atoms with Crippen LogP contribution in [0.1, 0.15) is 258 Å². The number of rotatable bonds is 49. The maximum atomic E-state index is 12.3. The SMILES string of the molecule is CC/C=C\C/C=C\C/C=C\C/C=C\CCCCCCCCCCCCC(=O)OC(CO)COC(=O)CCCCCCCCCCCCCC/C=C\C/C=C\C/C=C\CCCCCCC. The number of hydrogen-bond acceptors (Lipinski definition) is 5. The number of carbonyl (C=O) groups excluding carboxylic acids is 2. The molecule has 0 aromatic heterocycles. The highest BCUT2D eigenvalue weighted by atomic mass is 16.6. The lowest BCUT2D eigenvalue weighted by molar-refractivity contribution is -0.161. The van der Waals surface area contributed by atoms with Crippen LogP contribution in [-0.4, -0.2) is 36.4 Å². The van der Waals surface area contributed by atoms with E-state index >= 15 is 0 Å². The van der Waals surface area contributed by atoms with Gasteiger partial charge in [0.15, 0.2) is 6.10 Å². The van der Waals surface area contributed by atoms with Crippen LogP contribution in [0.4, 0.5) is 0 Å². The van der Waals surface area contributed by atoms with Crippen molar-refractivity contribution in [2.45, 2.75) is 264 Å². The van der Waals surface area contributed by atoms with Gasteiger partial charge in [-0.25, -0.2) is 0 Å². The van der Waals surface area contributed by atoms with Crippen LogP contribution in [0.3, 0.4) is 0 Å². The summed E-state index contributed by atoms with van der Waals surface area (Å²) in [6, 6.07) is 0. The first-order valence-corrected chi connectivity index (χ1v) is 27.1. The van der Waals surface area contributed by atoms with Crippen LogP contribution >= 0.6 is 0 Å². The quantitative estimate of drug-likeness (QED) is 0.0374. The number of aliphatic hydroxyl groups excluding tert-OH is 1. The number of hydrogen-bond donors (Lipinski definition) is 1. The van der Waals surface area contributed by atoms with Crippen molar-refractivity contribution in [2.75, 3.05) is 13.2 Å². The van der Waals surface area contributed by atoms with Gasteiger partial charge in [-0.2, -0.15) is 0 Å². The Kier molecular flexibility index (Phi) is 51.9. The molecule has 64 heavy (non-hydrogen) atoms. The Hall–Kier alpha value is -2.92. The first kappa shape index (κ1) is 61.1. The van der Waals surface area contributed by atoms with E-state index < -0.39 is 6.10 Å². The van der Waals surface area contributed by atoms with Gasteiger partial charge in [-0.1, -0.05) is 240 Å². The van der Waals surface area contributed by atoms with Gasteiger partial charge >= 0.3 is 11.9 Å². The molecule has 0 aliphatic rings. The van der Waals surface area contributed by atoms with E-state index in [0.29, 0.717) is 12.8 Å². The van der Waals surface area contributed by atoms with Crippen molar-refractivity contribution in [3.05, 3.63) is 85.1 Å². The number of esters is 2. The molecule has 0 saturated heterocycles. The smallest absolute Gasteiger partial charge is 0.306 e. The minimum absolute atomic E-state index is 0.0712. The van der Waals surface area contributed by atoms with E-state index in [0.717, 1.165) is 77.0 Å². The fraction of sp³-hybridized carbons (Fsp3) is 0.729. The summed E-state index contributed by atoms with van der Waals surface area (Å²) < 4.78 is 10.7. The van der Waals surface area contributed by atoms with Crippen LogP contribution in [-0.2, 0) is 19.1 Å². The van der Waals surface area contributed by atoms with Crippen molar-refractivity contribution in [3.63, 3.8) is 0 Å². The zero-order chi connectivity index (χ0) is 46.3. The van der Waals surface area contributed by atoms with Crippen LogP contribution < -0.4 is 0 Å². The molecule has 0 aromatic rings. The number of allylic oxidation sites excluding steroid dienone is 14. The van der Waals surface area contributed by atoms with Crippen molar-refractivity contribution >= 4 is 11.9 Å². The molecular weight excluding hydrogens is 789 g/mol. The van der Waals surface area contributed by atoms with Gasteiger partial charge in [-0.15, -0.1) is 0 Å². The zero-order valence-electron chi connectivity index (χ0n) is 42.0. The lowest BCUT2D eigenvalue weighted by atomic mass is 10.0. The predicted molar refractivity (Wildman–Crippen MR) is 279 cm³/mol. The first-order valence-electron chi connectivity index (χ1n) is 27.1. The summed E-state index contributed by atoms with van der Waals surface area (Å²) in [5, 5.41) is 9.64. The summed E-state index contributed by atoms with van der Waals surface area (Å²) in [6.07, 6.45) is 75.4. The average Bonchev–Trinajstić information content (AvgIpc) is 3.30. The van der Waals surface area contributed by atoms with E-state index in [1.54, 1.807) is 0 Å². The summed E-state index contributed by atoms with van der Waals surface area (Å²) >= 11 is 0. The minimum atomic E-state index is -0.780. The summed E-state index contributed by atoms with van der Waals surface area (Å²) in [5.74, 6) is -0.595. The van der Waals surface area contributed by atoms with E-state index in [1.807, 2.05) is 0 Å². The van der Waals surface area contributed by atoms with Crippen molar-refractivity contribution in [2.24, 2.45) is 0 Å². The molecule has 0 aliphatic heterocycles. The van der Waals surface area contributed by atoms with Gasteiger partial charge in [0.1, 0.15) is 6.61 Å². The zero-order valence-corrected chi connectivity index (χ0v) is 42.0.